The molecule has 0 radical (unpaired) electrons. The molecule has 2 aliphatic heterocycles. The van der Waals surface area contributed by atoms with Crippen LogP contribution in [0, 0.1) is 0 Å². The first kappa shape index (κ1) is 22.9. The van der Waals surface area contributed by atoms with E-state index in [2.05, 4.69) is 139 Å². The highest BCUT2D eigenvalue weighted by Crippen LogP contribution is 2.83. The lowest BCUT2D eigenvalue weighted by atomic mass is 10.0. The van der Waals surface area contributed by atoms with E-state index in [-0.39, 0.29) is 0 Å². The minimum atomic E-state index is -1.58. The van der Waals surface area contributed by atoms with Gasteiger partial charge in [-0.05, 0) is 69.9 Å². The van der Waals surface area contributed by atoms with Crippen LogP contribution in [0.25, 0.3) is 5.57 Å². The second-order valence-corrected chi connectivity index (χ2v) is 10.4. The number of allylic oxidation sites excluding steroid dienone is 15. The van der Waals surface area contributed by atoms with Crippen LogP contribution in [0.4, 0.5) is 0 Å². The minimum Gasteiger partial charge on any atom is -0.130 e. The Bertz CT molecular complexity index is 1080. The first-order chi connectivity index (χ1) is 15.2. The van der Waals surface area contributed by atoms with E-state index >= 15 is 0 Å². The first-order valence-corrected chi connectivity index (χ1v) is 12.7. The molecule has 0 bridgehead atoms. The molecule has 160 valence electrons. The SMILES string of the molecule is C/C=C\C1=C(/C=C\C)S2(C(/C=C\C)=C1/C=C\C)C(/C=C\C)=C(/C=C\C)c1ccccc12. The molecular weight excluding hydrogens is 392 g/mol. The molecule has 0 nitrogen and oxygen atoms in total. The summed E-state index contributed by atoms with van der Waals surface area (Å²) in [7, 11) is -1.58. The highest BCUT2D eigenvalue weighted by atomic mass is 32.3. The largest absolute Gasteiger partial charge is 0.130 e. The van der Waals surface area contributed by atoms with Gasteiger partial charge in [-0.25, -0.2) is 0 Å². The molecule has 0 saturated carbocycles. The molecule has 0 amide bonds. The van der Waals surface area contributed by atoms with Crippen molar-refractivity contribution in [3.05, 3.63) is 129 Å². The number of hydrogen-bond acceptors (Lipinski definition) is 0. The quantitative estimate of drug-likeness (QED) is 0.425. The van der Waals surface area contributed by atoms with Crippen molar-refractivity contribution < 1.29 is 0 Å². The molecule has 0 atom stereocenters. The number of fused-ring (bicyclic) bond motifs is 2. The maximum absolute atomic E-state index is 2.35. The van der Waals surface area contributed by atoms with E-state index in [0.29, 0.717) is 0 Å². The van der Waals surface area contributed by atoms with Crippen LogP contribution in [0.2, 0.25) is 0 Å². The maximum Gasteiger partial charge on any atom is 0.0102 e. The van der Waals surface area contributed by atoms with Gasteiger partial charge in [0, 0.05) is 19.6 Å². The van der Waals surface area contributed by atoms with Crippen molar-refractivity contribution in [1.29, 1.82) is 0 Å². The molecule has 1 aromatic rings. The summed E-state index contributed by atoms with van der Waals surface area (Å²) in [5, 5.41) is 0. The molecule has 0 saturated heterocycles. The maximum atomic E-state index is 2.35. The van der Waals surface area contributed by atoms with Crippen molar-refractivity contribution in [3.63, 3.8) is 0 Å². The van der Waals surface area contributed by atoms with Gasteiger partial charge in [-0.1, -0.05) is 91.1 Å². The summed E-state index contributed by atoms with van der Waals surface area (Å²) in [6, 6.07) is 9.01. The van der Waals surface area contributed by atoms with E-state index in [9.17, 15) is 0 Å². The Morgan fingerprint density at radius 1 is 0.484 bits per heavy atom. The van der Waals surface area contributed by atoms with Crippen LogP contribution in [-0.2, 0) is 0 Å². The summed E-state index contributed by atoms with van der Waals surface area (Å²) >= 11 is 0. The van der Waals surface area contributed by atoms with Crippen molar-refractivity contribution in [2.24, 2.45) is 0 Å². The molecule has 1 aromatic carbocycles. The van der Waals surface area contributed by atoms with E-state index in [1.54, 1.807) is 0 Å². The lowest BCUT2D eigenvalue weighted by molar-refractivity contribution is 1.41. The Morgan fingerprint density at radius 3 is 1.32 bits per heavy atom. The fourth-order valence-electron chi connectivity index (χ4n) is 4.61. The van der Waals surface area contributed by atoms with Gasteiger partial charge in [0.2, 0.25) is 0 Å². The van der Waals surface area contributed by atoms with Crippen LogP contribution in [-0.4, -0.2) is 0 Å². The van der Waals surface area contributed by atoms with Crippen LogP contribution < -0.4 is 0 Å². The Balaban J connectivity index is 2.66. The Kier molecular flexibility index (Phi) is 7.41. The predicted octanol–water partition coefficient (Wildman–Crippen LogP) is 9.55. The molecular formula is C30H34S. The number of rotatable bonds is 6. The first-order valence-electron chi connectivity index (χ1n) is 11.1. The molecule has 0 fully saturated rings. The Morgan fingerprint density at radius 2 is 0.871 bits per heavy atom. The molecule has 1 heteroatoms. The zero-order valence-electron chi connectivity index (χ0n) is 19.6. The Labute approximate surface area is 190 Å². The van der Waals surface area contributed by atoms with E-state index in [1.165, 1.54) is 41.9 Å². The summed E-state index contributed by atoms with van der Waals surface area (Å²) in [4.78, 5) is 5.72. The second kappa shape index (κ2) is 10.0. The average molecular weight is 427 g/mol. The van der Waals surface area contributed by atoms with Crippen LogP contribution in [0.15, 0.2) is 128 Å². The molecule has 0 unspecified atom stereocenters. The number of benzene rings is 1. The monoisotopic (exact) mass is 426 g/mol. The van der Waals surface area contributed by atoms with Crippen molar-refractivity contribution in [2.45, 2.75) is 46.4 Å². The summed E-state index contributed by atoms with van der Waals surface area (Å²) in [5.41, 5.74) is 5.37. The van der Waals surface area contributed by atoms with E-state index < -0.39 is 10.0 Å². The van der Waals surface area contributed by atoms with Gasteiger partial charge < -0.3 is 0 Å². The van der Waals surface area contributed by atoms with Gasteiger partial charge in [0.15, 0.2) is 0 Å². The highest BCUT2D eigenvalue weighted by molar-refractivity contribution is 8.43. The molecule has 3 rings (SSSR count). The van der Waals surface area contributed by atoms with Crippen LogP contribution in [0.1, 0.15) is 47.1 Å². The zero-order valence-corrected chi connectivity index (χ0v) is 20.5. The molecule has 1 spiro atoms. The molecule has 31 heavy (non-hydrogen) atoms. The predicted molar refractivity (Wildman–Crippen MR) is 142 cm³/mol. The molecule has 2 heterocycles. The topological polar surface area (TPSA) is 0 Å². The molecule has 0 aliphatic carbocycles. The lowest BCUT2D eigenvalue weighted by Crippen LogP contribution is -2.02. The van der Waals surface area contributed by atoms with Crippen LogP contribution in [0.5, 0.6) is 0 Å². The fraction of sp³-hybridized carbons (Fsp3) is 0.200. The Hall–Kier alpha value is -2.77. The second-order valence-electron chi connectivity index (χ2n) is 7.44. The summed E-state index contributed by atoms with van der Waals surface area (Å²) < 4.78 is 0. The van der Waals surface area contributed by atoms with Gasteiger partial charge >= 0.3 is 0 Å². The van der Waals surface area contributed by atoms with Gasteiger partial charge in [0.25, 0.3) is 0 Å². The third-order valence-corrected chi connectivity index (χ3v) is 9.60. The third kappa shape index (κ3) is 3.51. The molecule has 0 aromatic heterocycles. The smallest absolute Gasteiger partial charge is 0.0102 e. The molecule has 2 aliphatic rings. The lowest BCUT2D eigenvalue weighted by Gasteiger charge is -2.39. The minimum absolute atomic E-state index is 1.33. The van der Waals surface area contributed by atoms with Crippen LogP contribution >= 0.6 is 10.0 Å². The normalized spacial score (nSPS) is 20.1. The highest BCUT2D eigenvalue weighted by Gasteiger charge is 2.48. The van der Waals surface area contributed by atoms with Crippen molar-refractivity contribution in [1.82, 2.24) is 0 Å². The fourth-order valence-corrected chi connectivity index (χ4v) is 9.36. The van der Waals surface area contributed by atoms with Gasteiger partial charge in [-0.3, -0.25) is 0 Å². The average Bonchev–Trinajstić information content (AvgIpc) is 3.17. The van der Waals surface area contributed by atoms with Crippen molar-refractivity contribution in [3.8, 4) is 0 Å². The molecule has 0 N–H and O–H groups in total. The van der Waals surface area contributed by atoms with Gasteiger partial charge in [-0.2, -0.15) is 0 Å². The summed E-state index contributed by atoms with van der Waals surface area (Å²) in [5.74, 6) is 0. The van der Waals surface area contributed by atoms with Crippen molar-refractivity contribution in [2.75, 3.05) is 0 Å². The van der Waals surface area contributed by atoms with E-state index in [0.717, 1.165) is 0 Å². The van der Waals surface area contributed by atoms with Gasteiger partial charge in [-0.15, -0.1) is 10.0 Å². The van der Waals surface area contributed by atoms with Gasteiger partial charge in [0.05, 0.1) is 0 Å². The summed E-state index contributed by atoms with van der Waals surface area (Å²) in [6.45, 7) is 12.7. The van der Waals surface area contributed by atoms with Crippen LogP contribution in [0.3, 0.4) is 0 Å². The van der Waals surface area contributed by atoms with Crippen molar-refractivity contribution >= 4 is 15.6 Å². The third-order valence-electron chi connectivity index (χ3n) is 5.54. The van der Waals surface area contributed by atoms with Gasteiger partial charge in [0.1, 0.15) is 0 Å². The number of hydrogen-bond donors (Lipinski definition) is 0. The van der Waals surface area contributed by atoms with E-state index in [4.69, 9.17) is 0 Å². The van der Waals surface area contributed by atoms with E-state index in [1.807, 2.05) is 0 Å². The zero-order chi connectivity index (χ0) is 22.4. The standard InChI is InChI=1S/C30H34S/c1-7-15-23-24(16-8-2)28(19-11-5)31(27(23)18-10-4)29(20-12-6)25(17-9-3)26-21-13-14-22-30(26)31/h7-22H,1-6H3/b15-7-,16-8-,17-9-,18-10-,19-11-,20-12-. The summed E-state index contributed by atoms with van der Waals surface area (Å²) in [6.07, 6.45) is 27.0.